The lowest BCUT2D eigenvalue weighted by Gasteiger charge is -2.20. The molecule has 3 rings (SSSR count). The fraction of sp³-hybridized carbons (Fsp3) is 0.292. The van der Waals surface area contributed by atoms with Gasteiger partial charge in [-0.1, -0.05) is 0 Å². The van der Waals surface area contributed by atoms with Gasteiger partial charge >= 0.3 is 0 Å². The van der Waals surface area contributed by atoms with Gasteiger partial charge in [0.25, 0.3) is 5.91 Å². The van der Waals surface area contributed by atoms with E-state index in [1.165, 1.54) is 7.11 Å². The number of ether oxygens (including phenoxy) is 2. The second-order valence-corrected chi connectivity index (χ2v) is 7.06. The molecular weight excluding hydrogens is 406 g/mol. The summed E-state index contributed by atoms with van der Waals surface area (Å²) in [5.74, 6) is 3.16. The van der Waals surface area contributed by atoms with Gasteiger partial charge in [-0.3, -0.25) is 4.79 Å². The van der Waals surface area contributed by atoms with Crippen LogP contribution in [0, 0.1) is 6.92 Å². The maximum atomic E-state index is 12.6. The number of hydrogen-bond acceptors (Lipinski definition) is 7. The summed E-state index contributed by atoms with van der Waals surface area (Å²) in [4.78, 5) is 23.8. The zero-order valence-electron chi connectivity index (χ0n) is 19.1. The zero-order valence-corrected chi connectivity index (χ0v) is 19.1. The zero-order chi connectivity index (χ0) is 23.1. The Balaban J connectivity index is 1.70. The molecule has 32 heavy (non-hydrogen) atoms. The van der Waals surface area contributed by atoms with Crippen LogP contribution in [0.2, 0.25) is 0 Å². The Morgan fingerprint density at radius 3 is 2.19 bits per heavy atom. The number of carbonyl (C=O) groups excluding carboxylic acids is 1. The van der Waals surface area contributed by atoms with E-state index in [2.05, 4.69) is 39.3 Å². The Morgan fingerprint density at radius 2 is 1.56 bits per heavy atom. The van der Waals surface area contributed by atoms with E-state index in [-0.39, 0.29) is 5.91 Å². The third-order valence-electron chi connectivity index (χ3n) is 4.97. The molecule has 8 heteroatoms. The van der Waals surface area contributed by atoms with Crippen molar-refractivity contribution in [1.82, 2.24) is 9.97 Å². The lowest BCUT2D eigenvalue weighted by molar-refractivity contribution is 0.102. The molecule has 2 aromatic carbocycles. The molecule has 1 heterocycles. The predicted molar refractivity (Wildman–Crippen MR) is 128 cm³/mol. The average Bonchev–Trinajstić information content (AvgIpc) is 2.80. The molecular formula is C24H29N5O3. The summed E-state index contributed by atoms with van der Waals surface area (Å²) in [6.07, 6.45) is 0. The summed E-state index contributed by atoms with van der Waals surface area (Å²) >= 11 is 0. The number of methoxy groups -OCH3 is 2. The summed E-state index contributed by atoms with van der Waals surface area (Å²) in [6.45, 7) is 7.83. The van der Waals surface area contributed by atoms with E-state index in [0.717, 1.165) is 30.4 Å². The van der Waals surface area contributed by atoms with Gasteiger partial charge < -0.3 is 25.0 Å². The first-order chi connectivity index (χ1) is 15.5. The van der Waals surface area contributed by atoms with Crippen LogP contribution in [0.25, 0.3) is 0 Å². The van der Waals surface area contributed by atoms with E-state index in [0.29, 0.717) is 28.6 Å². The summed E-state index contributed by atoms with van der Waals surface area (Å²) in [5, 5.41) is 6.20. The molecule has 0 fully saturated rings. The molecule has 1 aromatic heterocycles. The van der Waals surface area contributed by atoms with Gasteiger partial charge in [0.2, 0.25) is 0 Å². The number of amides is 1. The van der Waals surface area contributed by atoms with Crippen LogP contribution in [0.4, 0.5) is 23.0 Å². The van der Waals surface area contributed by atoms with E-state index >= 15 is 0 Å². The van der Waals surface area contributed by atoms with Crippen LogP contribution < -0.4 is 25.0 Å². The van der Waals surface area contributed by atoms with E-state index < -0.39 is 0 Å². The van der Waals surface area contributed by atoms with Crippen LogP contribution in [0.1, 0.15) is 30.0 Å². The van der Waals surface area contributed by atoms with Gasteiger partial charge in [-0.2, -0.15) is 0 Å². The quantitative estimate of drug-likeness (QED) is 0.506. The van der Waals surface area contributed by atoms with Crippen molar-refractivity contribution in [2.24, 2.45) is 0 Å². The molecule has 0 unspecified atom stereocenters. The lowest BCUT2D eigenvalue weighted by Crippen LogP contribution is -2.23. The van der Waals surface area contributed by atoms with Crippen LogP contribution >= 0.6 is 0 Å². The average molecular weight is 436 g/mol. The highest BCUT2D eigenvalue weighted by Crippen LogP contribution is 2.28. The second-order valence-electron chi connectivity index (χ2n) is 7.06. The smallest absolute Gasteiger partial charge is 0.255 e. The summed E-state index contributed by atoms with van der Waals surface area (Å²) in [6, 6.07) is 14.4. The van der Waals surface area contributed by atoms with Gasteiger partial charge in [-0.05, 0) is 63.2 Å². The monoisotopic (exact) mass is 435 g/mol. The largest absolute Gasteiger partial charge is 0.493 e. The van der Waals surface area contributed by atoms with Gasteiger partial charge in [0.15, 0.2) is 11.5 Å². The highest BCUT2D eigenvalue weighted by atomic mass is 16.5. The number of aryl methyl sites for hydroxylation is 1. The summed E-state index contributed by atoms with van der Waals surface area (Å²) < 4.78 is 10.5. The molecule has 0 radical (unpaired) electrons. The maximum Gasteiger partial charge on any atom is 0.255 e. The molecule has 0 spiro atoms. The van der Waals surface area contributed by atoms with Gasteiger partial charge in [0, 0.05) is 36.1 Å². The lowest BCUT2D eigenvalue weighted by atomic mass is 10.1. The number of hydrogen-bond donors (Lipinski definition) is 2. The minimum absolute atomic E-state index is 0.234. The fourth-order valence-corrected chi connectivity index (χ4v) is 3.29. The number of anilines is 4. The van der Waals surface area contributed by atoms with Gasteiger partial charge in [-0.15, -0.1) is 0 Å². The van der Waals surface area contributed by atoms with Gasteiger partial charge in [-0.25, -0.2) is 9.97 Å². The first-order valence-corrected chi connectivity index (χ1v) is 10.5. The highest BCUT2D eigenvalue weighted by Gasteiger charge is 2.12. The molecule has 0 bridgehead atoms. The van der Waals surface area contributed by atoms with Crippen molar-refractivity contribution in [2.75, 3.05) is 42.8 Å². The molecule has 0 saturated heterocycles. The van der Waals surface area contributed by atoms with Gasteiger partial charge in [0.1, 0.15) is 17.5 Å². The Morgan fingerprint density at radius 1 is 0.906 bits per heavy atom. The maximum absolute atomic E-state index is 12.6. The number of nitrogens with zero attached hydrogens (tertiary/aromatic N) is 3. The first-order valence-electron chi connectivity index (χ1n) is 10.5. The van der Waals surface area contributed by atoms with Crippen LogP contribution in [-0.2, 0) is 0 Å². The molecule has 0 aliphatic heterocycles. The Bertz CT molecular complexity index is 1070. The second kappa shape index (κ2) is 10.5. The predicted octanol–water partition coefficient (Wildman–Crippen LogP) is 4.64. The third kappa shape index (κ3) is 5.46. The molecule has 0 aliphatic carbocycles. The first kappa shape index (κ1) is 22.9. The van der Waals surface area contributed by atoms with Crippen molar-refractivity contribution < 1.29 is 14.3 Å². The summed E-state index contributed by atoms with van der Waals surface area (Å²) in [5.41, 5.74) is 2.01. The van der Waals surface area contributed by atoms with Crippen LogP contribution in [0.3, 0.4) is 0 Å². The molecule has 3 aromatic rings. The van der Waals surface area contributed by atoms with Crippen molar-refractivity contribution in [1.29, 1.82) is 0 Å². The van der Waals surface area contributed by atoms with Crippen molar-refractivity contribution >= 4 is 28.9 Å². The van der Waals surface area contributed by atoms with Crippen molar-refractivity contribution in [3.05, 3.63) is 59.9 Å². The Hall–Kier alpha value is -3.81. The number of nitrogens with one attached hydrogen (secondary N) is 2. The topological polar surface area (TPSA) is 88.6 Å². The van der Waals surface area contributed by atoms with Crippen molar-refractivity contribution in [3.63, 3.8) is 0 Å². The van der Waals surface area contributed by atoms with Crippen LogP contribution in [-0.4, -0.2) is 43.2 Å². The SMILES string of the molecule is CCN(CC)c1cc(Nc2ccc(NC(=O)c3ccc(OC)c(OC)c3)cc2)nc(C)n1. The molecule has 1 amide bonds. The standard InChI is InChI=1S/C24H29N5O3/c1-6-29(7-2)23-15-22(25-16(3)26-23)27-18-9-11-19(12-10-18)28-24(30)17-8-13-20(31-4)21(14-17)32-5/h8-15H,6-7H2,1-5H3,(H,28,30)(H,25,26,27). The van der Waals surface area contributed by atoms with Crippen molar-refractivity contribution in [3.8, 4) is 11.5 Å². The molecule has 8 nitrogen and oxygen atoms in total. The van der Waals surface area contributed by atoms with E-state index in [9.17, 15) is 4.79 Å². The number of aromatic nitrogens is 2. The Kier molecular flexibility index (Phi) is 7.49. The normalized spacial score (nSPS) is 10.4. The van der Waals surface area contributed by atoms with E-state index in [1.54, 1.807) is 25.3 Å². The highest BCUT2D eigenvalue weighted by molar-refractivity contribution is 6.04. The molecule has 0 aliphatic rings. The van der Waals surface area contributed by atoms with Crippen molar-refractivity contribution in [2.45, 2.75) is 20.8 Å². The molecule has 2 N–H and O–H groups in total. The molecule has 0 atom stereocenters. The number of carbonyl (C=O) groups is 1. The molecule has 0 saturated carbocycles. The molecule has 168 valence electrons. The number of rotatable bonds is 9. The Labute approximate surface area is 188 Å². The minimum Gasteiger partial charge on any atom is -0.493 e. The summed E-state index contributed by atoms with van der Waals surface area (Å²) in [7, 11) is 3.09. The van der Waals surface area contributed by atoms with E-state index in [1.807, 2.05) is 37.3 Å². The van der Waals surface area contributed by atoms with Gasteiger partial charge in [0.05, 0.1) is 14.2 Å². The fourth-order valence-electron chi connectivity index (χ4n) is 3.29. The minimum atomic E-state index is -0.234. The van der Waals surface area contributed by atoms with E-state index in [4.69, 9.17) is 9.47 Å². The van der Waals surface area contributed by atoms with Crippen LogP contribution in [0.15, 0.2) is 48.5 Å². The number of benzene rings is 2. The third-order valence-corrected chi connectivity index (χ3v) is 4.97. The van der Waals surface area contributed by atoms with Crippen LogP contribution in [0.5, 0.6) is 11.5 Å².